The monoisotopic (exact) mass is 208 g/mol. The first-order valence-corrected chi connectivity index (χ1v) is 5.51. The Morgan fingerprint density at radius 3 is 3.00 bits per heavy atom. The number of nitrogens with two attached hydrogens (primary N) is 1. The van der Waals surface area contributed by atoms with Crippen molar-refractivity contribution in [2.24, 2.45) is 18.7 Å². The Morgan fingerprint density at radius 1 is 1.60 bits per heavy atom. The van der Waals surface area contributed by atoms with Gasteiger partial charge in [-0.05, 0) is 19.3 Å². The van der Waals surface area contributed by atoms with E-state index in [-0.39, 0.29) is 6.04 Å². The normalized spacial score (nSPS) is 36.0. The Labute approximate surface area is 88.6 Å². The van der Waals surface area contributed by atoms with Crippen LogP contribution in [0.4, 0.5) is 0 Å². The maximum absolute atomic E-state index is 6.25. The molecular weight excluding hydrogens is 192 g/mol. The van der Waals surface area contributed by atoms with E-state index in [1.807, 2.05) is 7.05 Å². The third-order valence-corrected chi connectivity index (χ3v) is 3.71. The summed E-state index contributed by atoms with van der Waals surface area (Å²) in [6.45, 7) is 0. The Kier molecular flexibility index (Phi) is 2.03. The van der Waals surface area contributed by atoms with E-state index in [9.17, 15) is 0 Å². The fourth-order valence-corrected chi connectivity index (χ4v) is 2.87. The molecule has 2 N–H and O–H groups in total. The molecule has 82 valence electrons. The quantitative estimate of drug-likeness (QED) is 0.763. The van der Waals surface area contributed by atoms with Crippen molar-refractivity contribution in [3.8, 4) is 0 Å². The van der Waals surface area contributed by atoms with Crippen molar-refractivity contribution in [3.05, 3.63) is 11.9 Å². The number of ether oxygens (including phenoxy) is 1. The summed E-state index contributed by atoms with van der Waals surface area (Å²) in [6, 6.07) is 0.0142. The van der Waals surface area contributed by atoms with Gasteiger partial charge in [-0.25, -0.2) is 0 Å². The molecule has 5 heteroatoms. The van der Waals surface area contributed by atoms with Crippen LogP contribution in [0.2, 0.25) is 0 Å². The van der Waals surface area contributed by atoms with E-state index in [2.05, 4.69) is 10.3 Å². The number of rotatable bonds is 2. The SMILES string of the molecule is Cn1nncc1C(N)C1CC2CCC1O2. The largest absolute Gasteiger partial charge is 0.375 e. The van der Waals surface area contributed by atoms with Crippen molar-refractivity contribution in [1.29, 1.82) is 0 Å². The maximum atomic E-state index is 6.25. The highest BCUT2D eigenvalue weighted by Crippen LogP contribution is 2.43. The predicted octanol–water partition coefficient (Wildman–Crippen LogP) is 0.382. The molecule has 0 amide bonds. The van der Waals surface area contributed by atoms with Gasteiger partial charge in [0.2, 0.25) is 0 Å². The van der Waals surface area contributed by atoms with Crippen LogP contribution in [0.1, 0.15) is 31.0 Å². The summed E-state index contributed by atoms with van der Waals surface area (Å²) in [7, 11) is 1.89. The summed E-state index contributed by atoms with van der Waals surface area (Å²) >= 11 is 0. The maximum Gasteiger partial charge on any atom is 0.0754 e. The van der Waals surface area contributed by atoms with Gasteiger partial charge in [-0.2, -0.15) is 0 Å². The molecule has 0 saturated carbocycles. The zero-order valence-corrected chi connectivity index (χ0v) is 8.84. The highest BCUT2D eigenvalue weighted by molar-refractivity contribution is 5.07. The zero-order valence-electron chi connectivity index (χ0n) is 8.84. The molecule has 0 aromatic carbocycles. The summed E-state index contributed by atoms with van der Waals surface area (Å²) < 4.78 is 7.57. The van der Waals surface area contributed by atoms with Gasteiger partial charge < -0.3 is 10.5 Å². The van der Waals surface area contributed by atoms with Crippen molar-refractivity contribution in [1.82, 2.24) is 15.0 Å². The first kappa shape index (κ1) is 9.30. The van der Waals surface area contributed by atoms with Gasteiger partial charge in [-0.1, -0.05) is 5.21 Å². The molecule has 15 heavy (non-hydrogen) atoms. The van der Waals surface area contributed by atoms with Crippen molar-refractivity contribution in [2.75, 3.05) is 0 Å². The van der Waals surface area contributed by atoms with Crippen LogP contribution in [0.5, 0.6) is 0 Å². The Morgan fingerprint density at radius 2 is 2.47 bits per heavy atom. The van der Waals surface area contributed by atoms with Crippen molar-refractivity contribution in [3.63, 3.8) is 0 Å². The minimum atomic E-state index is 0.0142. The highest BCUT2D eigenvalue weighted by atomic mass is 16.5. The van der Waals surface area contributed by atoms with Gasteiger partial charge >= 0.3 is 0 Å². The summed E-state index contributed by atoms with van der Waals surface area (Å²) in [4.78, 5) is 0. The van der Waals surface area contributed by atoms with E-state index in [0.717, 1.165) is 18.5 Å². The van der Waals surface area contributed by atoms with E-state index in [1.54, 1.807) is 10.9 Å². The van der Waals surface area contributed by atoms with Crippen molar-refractivity contribution in [2.45, 2.75) is 37.5 Å². The Bertz CT molecular complexity index is 364. The van der Waals surface area contributed by atoms with E-state index in [0.29, 0.717) is 18.1 Å². The van der Waals surface area contributed by atoms with Crippen LogP contribution in [0.15, 0.2) is 6.20 Å². The fourth-order valence-electron chi connectivity index (χ4n) is 2.87. The molecule has 0 aliphatic carbocycles. The topological polar surface area (TPSA) is 66.0 Å². The average molecular weight is 208 g/mol. The van der Waals surface area contributed by atoms with Gasteiger partial charge in [0.15, 0.2) is 0 Å². The third kappa shape index (κ3) is 1.38. The first-order valence-electron chi connectivity index (χ1n) is 5.51. The fraction of sp³-hybridized carbons (Fsp3) is 0.800. The van der Waals surface area contributed by atoms with Crippen molar-refractivity contribution >= 4 is 0 Å². The molecular formula is C10H16N4O. The number of fused-ring (bicyclic) bond motifs is 2. The lowest BCUT2D eigenvalue weighted by Gasteiger charge is -2.24. The standard InChI is InChI=1S/C10H16N4O/c1-14-8(5-12-13-14)10(11)7-4-6-2-3-9(7)15-6/h5-7,9-10H,2-4,11H2,1H3. The van der Waals surface area contributed by atoms with Crippen LogP contribution in [-0.2, 0) is 11.8 Å². The van der Waals surface area contributed by atoms with E-state index in [4.69, 9.17) is 10.5 Å². The molecule has 1 aromatic heterocycles. The van der Waals surface area contributed by atoms with E-state index < -0.39 is 0 Å². The first-order chi connectivity index (χ1) is 7.25. The lowest BCUT2D eigenvalue weighted by Crippen LogP contribution is -2.30. The molecule has 2 saturated heterocycles. The molecule has 2 aliphatic heterocycles. The molecule has 2 aliphatic rings. The van der Waals surface area contributed by atoms with Crippen LogP contribution >= 0.6 is 0 Å². The predicted molar refractivity (Wildman–Crippen MR) is 53.9 cm³/mol. The van der Waals surface area contributed by atoms with Gasteiger partial charge in [0.05, 0.1) is 30.1 Å². The Balaban J connectivity index is 1.81. The average Bonchev–Trinajstić information content (AvgIpc) is 2.91. The van der Waals surface area contributed by atoms with Crippen LogP contribution in [0.25, 0.3) is 0 Å². The summed E-state index contributed by atoms with van der Waals surface area (Å²) in [5, 5.41) is 7.79. The minimum absolute atomic E-state index is 0.0142. The summed E-state index contributed by atoms with van der Waals surface area (Å²) in [5.74, 6) is 0.445. The van der Waals surface area contributed by atoms with Gasteiger partial charge in [-0.15, -0.1) is 5.10 Å². The van der Waals surface area contributed by atoms with Gasteiger partial charge in [0.1, 0.15) is 0 Å². The van der Waals surface area contributed by atoms with E-state index in [1.165, 1.54) is 6.42 Å². The molecule has 1 aromatic rings. The molecule has 4 unspecified atom stereocenters. The summed E-state index contributed by atoms with van der Waals surface area (Å²) in [6.07, 6.45) is 6.03. The Hall–Kier alpha value is -0.940. The molecule has 0 radical (unpaired) electrons. The van der Waals surface area contributed by atoms with Crippen LogP contribution < -0.4 is 5.73 Å². The highest BCUT2D eigenvalue weighted by Gasteiger charge is 2.44. The van der Waals surface area contributed by atoms with E-state index >= 15 is 0 Å². The smallest absolute Gasteiger partial charge is 0.0754 e. The second-order valence-corrected chi connectivity index (χ2v) is 4.58. The number of aryl methyl sites for hydroxylation is 1. The molecule has 3 heterocycles. The number of hydrogen-bond donors (Lipinski definition) is 1. The molecule has 3 rings (SSSR count). The van der Waals surface area contributed by atoms with Gasteiger partial charge in [0, 0.05) is 13.0 Å². The van der Waals surface area contributed by atoms with Crippen LogP contribution in [-0.4, -0.2) is 27.2 Å². The molecule has 2 bridgehead atoms. The second kappa shape index (κ2) is 3.28. The lowest BCUT2D eigenvalue weighted by molar-refractivity contribution is 0.0880. The van der Waals surface area contributed by atoms with Crippen LogP contribution in [0.3, 0.4) is 0 Å². The number of nitrogens with zero attached hydrogens (tertiary/aromatic N) is 3. The van der Waals surface area contributed by atoms with Gasteiger partial charge in [-0.3, -0.25) is 4.68 Å². The third-order valence-electron chi connectivity index (χ3n) is 3.71. The summed E-state index contributed by atoms with van der Waals surface area (Å²) in [5.41, 5.74) is 7.26. The molecule has 4 atom stereocenters. The molecule has 0 spiro atoms. The second-order valence-electron chi connectivity index (χ2n) is 4.58. The molecule has 5 nitrogen and oxygen atoms in total. The minimum Gasteiger partial charge on any atom is -0.375 e. The van der Waals surface area contributed by atoms with Crippen molar-refractivity contribution < 1.29 is 4.74 Å². The van der Waals surface area contributed by atoms with Gasteiger partial charge in [0.25, 0.3) is 0 Å². The zero-order chi connectivity index (χ0) is 10.4. The lowest BCUT2D eigenvalue weighted by atomic mass is 9.83. The number of aromatic nitrogens is 3. The van der Waals surface area contributed by atoms with Crippen LogP contribution in [0, 0.1) is 5.92 Å². The molecule has 2 fully saturated rings. The number of hydrogen-bond acceptors (Lipinski definition) is 4.